The van der Waals surface area contributed by atoms with Gasteiger partial charge in [-0.25, -0.2) is 13.4 Å². The van der Waals surface area contributed by atoms with Crippen LogP contribution in [0, 0.1) is 6.92 Å². The van der Waals surface area contributed by atoms with Crippen LogP contribution in [0.3, 0.4) is 0 Å². The maximum absolute atomic E-state index is 12.5. The van der Waals surface area contributed by atoms with Gasteiger partial charge in [0.1, 0.15) is 11.6 Å². The van der Waals surface area contributed by atoms with E-state index in [2.05, 4.69) is 15.0 Å². The summed E-state index contributed by atoms with van der Waals surface area (Å²) < 4.78 is 38.2. The first-order chi connectivity index (χ1) is 12.5. The first kappa shape index (κ1) is 18.5. The molecule has 2 aromatic rings. The smallest absolute Gasteiger partial charge is 0.263 e. The van der Waals surface area contributed by atoms with E-state index in [0.717, 1.165) is 37.2 Å². The number of aromatic nitrogens is 1. The van der Waals surface area contributed by atoms with Crippen LogP contribution in [-0.2, 0) is 14.8 Å². The summed E-state index contributed by atoms with van der Waals surface area (Å²) in [6.07, 6.45) is 3.98. The molecule has 2 heterocycles. The highest BCUT2D eigenvalue weighted by atomic mass is 32.2. The molecule has 0 aliphatic carbocycles. The van der Waals surface area contributed by atoms with Crippen LogP contribution in [0.2, 0.25) is 0 Å². The highest BCUT2D eigenvalue weighted by molar-refractivity contribution is 7.92. The van der Waals surface area contributed by atoms with E-state index in [1.807, 2.05) is 0 Å². The Labute approximate surface area is 153 Å². The number of methoxy groups -OCH3 is 1. The second-order valence-corrected chi connectivity index (χ2v) is 7.87. The van der Waals surface area contributed by atoms with E-state index in [-0.39, 0.29) is 16.8 Å². The van der Waals surface area contributed by atoms with Crippen LogP contribution in [0.1, 0.15) is 18.4 Å². The molecule has 0 bridgehead atoms. The van der Waals surface area contributed by atoms with Crippen LogP contribution in [0.25, 0.3) is 0 Å². The van der Waals surface area contributed by atoms with Crippen molar-refractivity contribution in [2.75, 3.05) is 30.3 Å². The van der Waals surface area contributed by atoms with Gasteiger partial charge in [0.2, 0.25) is 0 Å². The first-order valence-corrected chi connectivity index (χ1v) is 9.95. The second-order valence-electron chi connectivity index (χ2n) is 6.18. The molecule has 26 heavy (non-hydrogen) atoms. The van der Waals surface area contributed by atoms with Crippen molar-refractivity contribution in [3.8, 4) is 5.75 Å². The minimum atomic E-state index is -3.71. The Morgan fingerprint density at radius 3 is 2.77 bits per heavy atom. The number of nitrogens with one attached hydrogen (secondary N) is 2. The Hall–Kier alpha value is -2.32. The van der Waals surface area contributed by atoms with Gasteiger partial charge in [0.25, 0.3) is 10.0 Å². The normalized spacial score (nSPS) is 17.1. The number of sulfonamides is 1. The standard InChI is InChI=1S/C18H23N3O4S/c1-13-10-16(6-7-17(13)24-2)26(22,23)21-18-8-5-14(11-20-18)19-12-15-4-3-9-25-15/h5-8,10-11,15,19H,3-4,9,12H2,1-2H3,(H,20,21). The molecule has 0 amide bonds. The zero-order valence-corrected chi connectivity index (χ0v) is 15.7. The lowest BCUT2D eigenvalue weighted by Gasteiger charge is -2.13. The molecule has 0 saturated carbocycles. The summed E-state index contributed by atoms with van der Waals surface area (Å²) in [5.41, 5.74) is 1.57. The molecule has 1 unspecified atom stereocenters. The van der Waals surface area contributed by atoms with Gasteiger partial charge in [-0.05, 0) is 55.7 Å². The lowest BCUT2D eigenvalue weighted by Crippen LogP contribution is -2.18. The third-order valence-electron chi connectivity index (χ3n) is 4.24. The van der Waals surface area contributed by atoms with E-state index in [1.165, 1.54) is 6.07 Å². The number of hydrogen-bond donors (Lipinski definition) is 2. The van der Waals surface area contributed by atoms with Crippen molar-refractivity contribution in [2.24, 2.45) is 0 Å². The summed E-state index contributed by atoms with van der Waals surface area (Å²) in [7, 11) is -2.16. The molecule has 1 aliphatic rings. The first-order valence-electron chi connectivity index (χ1n) is 8.47. The number of nitrogens with zero attached hydrogens (tertiary/aromatic N) is 1. The highest BCUT2D eigenvalue weighted by Gasteiger charge is 2.17. The Morgan fingerprint density at radius 1 is 1.31 bits per heavy atom. The summed E-state index contributed by atoms with van der Waals surface area (Å²) in [6, 6.07) is 8.13. The van der Waals surface area contributed by atoms with Crippen LogP contribution in [-0.4, -0.2) is 39.8 Å². The van der Waals surface area contributed by atoms with Crippen LogP contribution < -0.4 is 14.8 Å². The third kappa shape index (κ3) is 4.44. The van der Waals surface area contributed by atoms with E-state index < -0.39 is 10.0 Å². The molecule has 1 aromatic heterocycles. The van der Waals surface area contributed by atoms with Gasteiger partial charge in [-0.15, -0.1) is 0 Å². The molecule has 1 atom stereocenters. The molecule has 2 N–H and O–H groups in total. The fourth-order valence-corrected chi connectivity index (χ4v) is 3.90. The van der Waals surface area contributed by atoms with Crippen LogP contribution in [0.15, 0.2) is 41.4 Å². The van der Waals surface area contributed by atoms with Gasteiger partial charge in [0.05, 0.1) is 30.0 Å². The maximum atomic E-state index is 12.5. The van der Waals surface area contributed by atoms with Gasteiger partial charge in [0, 0.05) is 13.2 Å². The molecule has 0 spiro atoms. The van der Waals surface area contributed by atoms with Crippen molar-refractivity contribution in [3.05, 3.63) is 42.1 Å². The van der Waals surface area contributed by atoms with Gasteiger partial charge in [-0.1, -0.05) is 0 Å². The highest BCUT2D eigenvalue weighted by Crippen LogP contribution is 2.23. The van der Waals surface area contributed by atoms with Crippen molar-refractivity contribution in [1.82, 2.24) is 4.98 Å². The summed E-state index contributed by atoms with van der Waals surface area (Å²) in [6.45, 7) is 3.33. The minimum absolute atomic E-state index is 0.165. The van der Waals surface area contributed by atoms with E-state index >= 15 is 0 Å². The number of ether oxygens (including phenoxy) is 2. The largest absolute Gasteiger partial charge is 0.496 e. The SMILES string of the molecule is COc1ccc(S(=O)(=O)Nc2ccc(NCC3CCCO3)cn2)cc1C. The average molecular weight is 377 g/mol. The molecular formula is C18H23N3O4S. The number of benzene rings is 1. The summed E-state index contributed by atoms with van der Waals surface area (Å²) in [5.74, 6) is 0.907. The molecule has 7 nitrogen and oxygen atoms in total. The minimum Gasteiger partial charge on any atom is -0.496 e. The molecule has 1 aromatic carbocycles. The van der Waals surface area contributed by atoms with Gasteiger partial charge in [-0.2, -0.15) is 0 Å². The fraction of sp³-hybridized carbons (Fsp3) is 0.389. The van der Waals surface area contributed by atoms with Crippen LogP contribution in [0.4, 0.5) is 11.5 Å². The molecule has 8 heteroatoms. The lowest BCUT2D eigenvalue weighted by atomic mass is 10.2. The molecule has 0 radical (unpaired) electrons. The number of pyridine rings is 1. The lowest BCUT2D eigenvalue weighted by molar-refractivity contribution is 0.120. The van der Waals surface area contributed by atoms with Gasteiger partial charge >= 0.3 is 0 Å². The number of aryl methyl sites for hydroxylation is 1. The molecule has 140 valence electrons. The summed E-state index contributed by atoms with van der Waals surface area (Å²) in [4.78, 5) is 4.34. The van der Waals surface area contributed by atoms with Crippen molar-refractivity contribution >= 4 is 21.5 Å². The van der Waals surface area contributed by atoms with E-state index in [4.69, 9.17) is 9.47 Å². The number of anilines is 2. The zero-order valence-electron chi connectivity index (χ0n) is 14.9. The topological polar surface area (TPSA) is 89.6 Å². The summed E-state index contributed by atoms with van der Waals surface area (Å²) in [5, 5.41) is 3.25. The Morgan fingerprint density at radius 2 is 2.15 bits per heavy atom. The Kier molecular flexibility index (Phi) is 5.63. The van der Waals surface area contributed by atoms with Crippen molar-refractivity contribution < 1.29 is 17.9 Å². The van der Waals surface area contributed by atoms with E-state index in [1.54, 1.807) is 44.5 Å². The van der Waals surface area contributed by atoms with Gasteiger partial charge in [-0.3, -0.25) is 4.72 Å². The fourth-order valence-electron chi connectivity index (χ4n) is 2.81. The predicted molar refractivity (Wildman–Crippen MR) is 100 cm³/mol. The quantitative estimate of drug-likeness (QED) is 0.771. The zero-order chi connectivity index (χ0) is 18.6. The Bertz CT molecular complexity index is 847. The Balaban J connectivity index is 1.64. The molecule has 1 aliphatic heterocycles. The van der Waals surface area contributed by atoms with Crippen molar-refractivity contribution in [2.45, 2.75) is 30.8 Å². The average Bonchev–Trinajstić information content (AvgIpc) is 3.14. The van der Waals surface area contributed by atoms with E-state index in [9.17, 15) is 8.42 Å². The van der Waals surface area contributed by atoms with Crippen LogP contribution >= 0.6 is 0 Å². The molecule has 3 rings (SSSR count). The van der Waals surface area contributed by atoms with Crippen molar-refractivity contribution in [3.63, 3.8) is 0 Å². The van der Waals surface area contributed by atoms with Gasteiger partial charge in [0.15, 0.2) is 0 Å². The predicted octanol–water partition coefficient (Wildman–Crippen LogP) is 2.79. The monoisotopic (exact) mass is 377 g/mol. The maximum Gasteiger partial charge on any atom is 0.263 e. The van der Waals surface area contributed by atoms with E-state index in [0.29, 0.717) is 5.75 Å². The number of hydrogen-bond acceptors (Lipinski definition) is 6. The molecule has 1 fully saturated rings. The molecular weight excluding hydrogens is 354 g/mol. The summed E-state index contributed by atoms with van der Waals surface area (Å²) >= 11 is 0. The third-order valence-corrected chi connectivity index (χ3v) is 5.59. The van der Waals surface area contributed by atoms with Crippen molar-refractivity contribution in [1.29, 1.82) is 0 Å². The molecule has 1 saturated heterocycles. The number of rotatable bonds is 7. The van der Waals surface area contributed by atoms with Crippen LogP contribution in [0.5, 0.6) is 5.75 Å². The second kappa shape index (κ2) is 7.92. The van der Waals surface area contributed by atoms with Gasteiger partial charge < -0.3 is 14.8 Å².